The van der Waals surface area contributed by atoms with Crippen molar-refractivity contribution in [3.8, 4) is 0 Å². The number of hydrogen-bond acceptors (Lipinski definition) is 5. The Hall–Kier alpha value is 1.52. The molecule has 0 radical (unpaired) electrons. The lowest BCUT2D eigenvalue weighted by molar-refractivity contribution is -0.149. The molecule has 0 heterocycles. The van der Waals surface area contributed by atoms with Gasteiger partial charge in [0.05, 0.1) is 11.3 Å². The van der Waals surface area contributed by atoms with Crippen molar-refractivity contribution >= 4 is 106 Å². The largest absolute Gasteiger partial charge is 0.744 e. The molecule has 0 bridgehead atoms. The molecule has 1 aromatic rings. The monoisotopic (exact) mass is 801 g/mol. The molecule has 0 unspecified atom stereocenters. The molecule has 1 fully saturated rings. The molecule has 0 aromatic heterocycles. The minimum absolute atomic E-state index is 0.0989. The van der Waals surface area contributed by atoms with Crippen LogP contribution in [0.3, 0.4) is 0 Å². The van der Waals surface area contributed by atoms with Crippen LogP contribution in [0.5, 0.6) is 0 Å². The van der Waals surface area contributed by atoms with E-state index in [9.17, 15) is 17.8 Å². The molecular formula is C14H13I4O5S-. The predicted molar refractivity (Wildman–Crippen MR) is 122 cm³/mol. The highest BCUT2D eigenvalue weighted by molar-refractivity contribution is 14.1. The van der Waals surface area contributed by atoms with Crippen molar-refractivity contribution in [1.29, 1.82) is 0 Å². The van der Waals surface area contributed by atoms with Gasteiger partial charge in [0, 0.05) is 14.3 Å². The van der Waals surface area contributed by atoms with E-state index >= 15 is 0 Å². The van der Waals surface area contributed by atoms with Crippen LogP contribution < -0.4 is 0 Å². The van der Waals surface area contributed by atoms with Crippen molar-refractivity contribution in [1.82, 2.24) is 0 Å². The quantitative estimate of drug-likeness (QED) is 0.148. The van der Waals surface area contributed by atoms with Gasteiger partial charge in [0.15, 0.2) is 0 Å². The first-order valence-corrected chi connectivity index (χ1v) is 12.9. The standard InChI is InChI=1S/C14H14I4O5S/c15-10-8(6-9(19)23-7-4-2-1-3-5-7)14(24(20,21)22)13(18)12(17)11(10)16/h7H,1-6H2,(H,20,21,22)/p-1. The average Bonchev–Trinajstić information content (AvgIpc) is 2.50. The molecule has 0 N–H and O–H groups in total. The molecule has 0 spiro atoms. The van der Waals surface area contributed by atoms with Crippen LogP contribution in [0.2, 0.25) is 0 Å². The second-order valence-corrected chi connectivity index (χ2v) is 11.1. The number of carbonyl (C=O) groups is 1. The second-order valence-electron chi connectivity index (χ2n) is 5.44. The molecule has 5 nitrogen and oxygen atoms in total. The minimum atomic E-state index is -4.68. The Kier molecular flexibility index (Phi) is 8.31. The first-order valence-electron chi connectivity index (χ1n) is 7.13. The second kappa shape index (κ2) is 9.14. The summed E-state index contributed by atoms with van der Waals surface area (Å²) in [7, 11) is -4.68. The van der Waals surface area contributed by atoms with Crippen molar-refractivity contribution in [2.45, 2.75) is 49.5 Å². The molecule has 0 saturated heterocycles. The van der Waals surface area contributed by atoms with Crippen LogP contribution in [0.4, 0.5) is 0 Å². The fourth-order valence-electron chi connectivity index (χ4n) is 2.63. The first kappa shape index (κ1) is 21.8. The van der Waals surface area contributed by atoms with E-state index in [1.165, 1.54) is 0 Å². The van der Waals surface area contributed by atoms with Gasteiger partial charge in [-0.05, 0) is 122 Å². The van der Waals surface area contributed by atoms with E-state index in [1.807, 2.05) is 67.8 Å². The third-order valence-corrected chi connectivity index (χ3v) is 12.6. The van der Waals surface area contributed by atoms with Crippen LogP contribution in [0.1, 0.15) is 37.7 Å². The van der Waals surface area contributed by atoms with Crippen LogP contribution in [0.25, 0.3) is 0 Å². The first-order chi connectivity index (χ1) is 11.1. The highest BCUT2D eigenvalue weighted by Crippen LogP contribution is 2.35. The maximum absolute atomic E-state index is 12.3. The van der Waals surface area contributed by atoms with Gasteiger partial charge in [-0.25, -0.2) is 8.42 Å². The zero-order valence-electron chi connectivity index (χ0n) is 12.3. The van der Waals surface area contributed by atoms with E-state index in [-0.39, 0.29) is 23.0 Å². The van der Waals surface area contributed by atoms with Crippen molar-refractivity contribution < 1.29 is 22.5 Å². The lowest BCUT2D eigenvalue weighted by Gasteiger charge is -2.23. The SMILES string of the molecule is O=C(Cc1c(I)c(I)c(I)c(I)c1S(=O)(=O)[O-])OC1CCCCC1. The Bertz CT molecular complexity index is 757. The van der Waals surface area contributed by atoms with Crippen molar-refractivity contribution in [3.05, 3.63) is 19.8 Å². The molecule has 0 amide bonds. The van der Waals surface area contributed by atoms with Crippen LogP contribution in [0, 0.1) is 14.3 Å². The Morgan fingerprint density at radius 1 is 1.00 bits per heavy atom. The smallest absolute Gasteiger partial charge is 0.310 e. The molecule has 1 aliphatic carbocycles. The number of rotatable bonds is 4. The van der Waals surface area contributed by atoms with Crippen molar-refractivity contribution in [2.24, 2.45) is 0 Å². The molecule has 0 atom stereocenters. The van der Waals surface area contributed by atoms with Gasteiger partial charge in [-0.15, -0.1) is 0 Å². The summed E-state index contributed by atoms with van der Waals surface area (Å²) >= 11 is 7.96. The number of hydrogen-bond donors (Lipinski definition) is 0. The normalized spacial score (nSPS) is 16.2. The Morgan fingerprint density at radius 3 is 2.08 bits per heavy atom. The predicted octanol–water partition coefficient (Wildman–Crippen LogP) is 4.43. The van der Waals surface area contributed by atoms with Gasteiger partial charge in [0.2, 0.25) is 0 Å². The summed E-state index contributed by atoms with van der Waals surface area (Å²) in [6.07, 6.45) is 4.61. The summed E-state index contributed by atoms with van der Waals surface area (Å²) in [6.45, 7) is 0. The van der Waals surface area contributed by atoms with Crippen LogP contribution in [-0.4, -0.2) is 25.0 Å². The summed E-state index contributed by atoms with van der Waals surface area (Å²) < 4.78 is 43.2. The molecule has 10 heteroatoms. The fraction of sp³-hybridized carbons (Fsp3) is 0.500. The number of carbonyl (C=O) groups excluding carboxylic acids is 1. The fourth-order valence-corrected chi connectivity index (χ4v) is 8.09. The number of esters is 1. The number of halogens is 4. The van der Waals surface area contributed by atoms with Gasteiger partial charge in [-0.1, -0.05) is 6.42 Å². The van der Waals surface area contributed by atoms with E-state index in [4.69, 9.17) is 4.74 Å². The van der Waals surface area contributed by atoms with Crippen molar-refractivity contribution in [3.63, 3.8) is 0 Å². The molecule has 1 saturated carbocycles. The van der Waals surface area contributed by atoms with E-state index in [1.54, 1.807) is 0 Å². The maximum Gasteiger partial charge on any atom is 0.310 e. The van der Waals surface area contributed by atoms with Crippen LogP contribution >= 0.6 is 90.4 Å². The van der Waals surface area contributed by atoms with Crippen LogP contribution in [-0.2, 0) is 26.1 Å². The summed E-state index contributed by atoms with van der Waals surface area (Å²) in [5.74, 6) is -0.475. The minimum Gasteiger partial charge on any atom is -0.744 e. The van der Waals surface area contributed by atoms with Gasteiger partial charge in [-0.2, -0.15) is 0 Å². The van der Waals surface area contributed by atoms with Gasteiger partial charge >= 0.3 is 5.97 Å². The zero-order valence-corrected chi connectivity index (χ0v) is 21.7. The third-order valence-electron chi connectivity index (χ3n) is 3.74. The highest BCUT2D eigenvalue weighted by atomic mass is 127. The molecule has 1 aromatic carbocycles. The van der Waals surface area contributed by atoms with E-state index in [2.05, 4.69) is 22.6 Å². The number of benzene rings is 1. The summed E-state index contributed by atoms with van der Waals surface area (Å²) in [5, 5.41) is 0. The Balaban J connectivity index is 2.36. The van der Waals surface area contributed by atoms with Gasteiger partial charge < -0.3 is 9.29 Å². The summed E-state index contributed by atoms with van der Waals surface area (Å²) in [5.41, 5.74) is 0.251. The summed E-state index contributed by atoms with van der Waals surface area (Å²) in [6, 6.07) is 0. The topological polar surface area (TPSA) is 83.5 Å². The number of ether oxygens (including phenoxy) is 1. The molecule has 134 valence electrons. The summed E-state index contributed by atoms with van der Waals surface area (Å²) in [4.78, 5) is 12.0. The van der Waals surface area contributed by atoms with Gasteiger partial charge in [-0.3, -0.25) is 4.79 Å². The molecular weight excluding hydrogens is 788 g/mol. The Morgan fingerprint density at radius 2 is 1.54 bits per heavy atom. The molecule has 24 heavy (non-hydrogen) atoms. The third kappa shape index (κ3) is 5.28. The van der Waals surface area contributed by atoms with Crippen molar-refractivity contribution in [2.75, 3.05) is 0 Å². The van der Waals surface area contributed by atoms with Gasteiger partial charge in [0.25, 0.3) is 0 Å². The van der Waals surface area contributed by atoms with Gasteiger partial charge in [0.1, 0.15) is 16.2 Å². The lowest BCUT2D eigenvalue weighted by Crippen LogP contribution is -2.23. The Labute approximate surface area is 195 Å². The zero-order chi connectivity index (χ0) is 18.1. The van der Waals surface area contributed by atoms with E-state index in [0.29, 0.717) is 10.7 Å². The van der Waals surface area contributed by atoms with E-state index in [0.717, 1.165) is 35.7 Å². The molecule has 1 aliphatic rings. The molecule has 2 rings (SSSR count). The lowest BCUT2D eigenvalue weighted by atomic mass is 9.98. The van der Waals surface area contributed by atoms with E-state index < -0.39 is 16.1 Å². The maximum atomic E-state index is 12.3. The van der Waals surface area contributed by atoms with Crippen LogP contribution in [0.15, 0.2) is 4.90 Å². The molecule has 0 aliphatic heterocycles. The average molecular weight is 801 g/mol. The highest BCUT2D eigenvalue weighted by Gasteiger charge is 2.26.